The first-order chi connectivity index (χ1) is 6.33. The van der Waals surface area contributed by atoms with Gasteiger partial charge in [0.25, 0.3) is 0 Å². The molecule has 3 heteroatoms. The van der Waals surface area contributed by atoms with E-state index in [9.17, 15) is 0 Å². The lowest BCUT2D eigenvalue weighted by Crippen LogP contribution is -2.05. The molecule has 2 aromatic rings. The van der Waals surface area contributed by atoms with E-state index in [2.05, 4.69) is 27.6 Å². The van der Waals surface area contributed by atoms with Gasteiger partial charge < -0.3 is 5.32 Å². The number of benzene rings is 1. The summed E-state index contributed by atoms with van der Waals surface area (Å²) in [7, 11) is 1.95. The molecule has 0 aliphatic heterocycles. The van der Waals surface area contributed by atoms with Gasteiger partial charge in [0, 0.05) is 11.9 Å². The zero-order valence-electron chi connectivity index (χ0n) is 7.89. The summed E-state index contributed by atoms with van der Waals surface area (Å²) in [5.41, 5.74) is 3.48. The second-order valence-electron chi connectivity index (χ2n) is 3.18. The van der Waals surface area contributed by atoms with Gasteiger partial charge in [-0.3, -0.25) is 5.10 Å². The smallest absolute Gasteiger partial charge is 0.0673 e. The highest BCUT2D eigenvalue weighted by molar-refractivity contribution is 5.84. The maximum atomic E-state index is 4.19. The number of nitrogens with zero attached hydrogens (tertiary/aromatic N) is 1. The molecule has 0 bridgehead atoms. The normalized spacial score (nSPS) is 10.9. The lowest BCUT2D eigenvalue weighted by Gasteiger charge is -2.01. The van der Waals surface area contributed by atoms with Crippen LogP contribution in [0.5, 0.6) is 0 Å². The number of fused-ring (bicyclic) bond motifs is 1. The molecular formula is C10H13N3. The highest BCUT2D eigenvalue weighted by atomic mass is 15.1. The molecule has 2 N–H and O–H groups in total. The van der Waals surface area contributed by atoms with Crippen molar-refractivity contribution < 1.29 is 0 Å². The van der Waals surface area contributed by atoms with Crippen molar-refractivity contribution in [1.29, 1.82) is 0 Å². The second-order valence-corrected chi connectivity index (χ2v) is 3.18. The van der Waals surface area contributed by atoms with E-state index in [1.165, 1.54) is 10.9 Å². The summed E-state index contributed by atoms with van der Waals surface area (Å²) in [5.74, 6) is 0. The molecule has 1 aromatic heterocycles. The van der Waals surface area contributed by atoms with Crippen LogP contribution in [-0.2, 0) is 6.54 Å². The molecule has 0 amide bonds. The molecule has 0 radical (unpaired) electrons. The van der Waals surface area contributed by atoms with Crippen molar-refractivity contribution >= 4 is 10.9 Å². The summed E-state index contributed by atoms with van der Waals surface area (Å²) in [6.45, 7) is 2.91. The number of aromatic amines is 1. The Balaban J connectivity index is 2.65. The maximum Gasteiger partial charge on any atom is 0.0673 e. The van der Waals surface area contributed by atoms with Gasteiger partial charge >= 0.3 is 0 Å². The summed E-state index contributed by atoms with van der Waals surface area (Å²) in [6, 6.07) is 6.22. The Hall–Kier alpha value is -1.35. The largest absolute Gasteiger partial charge is 0.316 e. The van der Waals surface area contributed by atoms with E-state index < -0.39 is 0 Å². The summed E-state index contributed by atoms with van der Waals surface area (Å²) < 4.78 is 0. The van der Waals surface area contributed by atoms with Gasteiger partial charge in [-0.25, -0.2) is 0 Å². The summed E-state index contributed by atoms with van der Waals surface area (Å²) >= 11 is 0. The van der Waals surface area contributed by atoms with Crippen molar-refractivity contribution in [3.05, 3.63) is 29.5 Å². The van der Waals surface area contributed by atoms with Crippen LogP contribution in [-0.4, -0.2) is 17.2 Å². The van der Waals surface area contributed by atoms with Gasteiger partial charge in [-0.15, -0.1) is 0 Å². The topological polar surface area (TPSA) is 40.7 Å². The molecule has 0 saturated heterocycles. The number of rotatable bonds is 2. The number of hydrogen-bond acceptors (Lipinski definition) is 2. The summed E-state index contributed by atoms with van der Waals surface area (Å²) in [5, 5.41) is 11.6. The van der Waals surface area contributed by atoms with E-state index in [1.54, 1.807) is 0 Å². The molecule has 0 aliphatic carbocycles. The SMILES string of the molecule is CNCc1cccc2[nH]nc(C)c12. The predicted octanol–water partition coefficient (Wildman–Crippen LogP) is 1.59. The number of nitrogens with one attached hydrogen (secondary N) is 2. The average Bonchev–Trinajstić information content (AvgIpc) is 2.50. The first-order valence-electron chi connectivity index (χ1n) is 4.40. The second kappa shape index (κ2) is 3.18. The fourth-order valence-electron chi connectivity index (χ4n) is 1.66. The van der Waals surface area contributed by atoms with E-state index in [0.717, 1.165) is 17.8 Å². The van der Waals surface area contributed by atoms with Crippen LogP contribution in [0, 0.1) is 6.92 Å². The fraction of sp³-hybridized carbons (Fsp3) is 0.300. The van der Waals surface area contributed by atoms with Crippen LogP contribution in [0.4, 0.5) is 0 Å². The zero-order chi connectivity index (χ0) is 9.26. The van der Waals surface area contributed by atoms with Gasteiger partial charge in [0.05, 0.1) is 11.2 Å². The zero-order valence-corrected chi connectivity index (χ0v) is 7.89. The van der Waals surface area contributed by atoms with Gasteiger partial charge in [0.15, 0.2) is 0 Å². The third kappa shape index (κ3) is 1.31. The first kappa shape index (κ1) is 8.26. The molecule has 0 spiro atoms. The van der Waals surface area contributed by atoms with E-state index in [0.29, 0.717) is 0 Å². The molecule has 0 atom stereocenters. The molecule has 3 nitrogen and oxygen atoms in total. The minimum atomic E-state index is 0.887. The lowest BCUT2D eigenvalue weighted by molar-refractivity contribution is 0.823. The van der Waals surface area contributed by atoms with E-state index >= 15 is 0 Å². The fourth-order valence-corrected chi connectivity index (χ4v) is 1.66. The van der Waals surface area contributed by atoms with Crippen LogP contribution >= 0.6 is 0 Å². The van der Waals surface area contributed by atoms with Crippen molar-refractivity contribution in [3.8, 4) is 0 Å². The quantitative estimate of drug-likeness (QED) is 0.727. The van der Waals surface area contributed by atoms with E-state index in [-0.39, 0.29) is 0 Å². The molecular weight excluding hydrogens is 162 g/mol. The Bertz CT molecular complexity index is 417. The van der Waals surface area contributed by atoms with Crippen LogP contribution in [0.1, 0.15) is 11.3 Å². The van der Waals surface area contributed by atoms with Gasteiger partial charge in [-0.1, -0.05) is 12.1 Å². The molecule has 0 unspecified atom stereocenters. The summed E-state index contributed by atoms with van der Waals surface area (Å²) in [4.78, 5) is 0. The predicted molar refractivity (Wildman–Crippen MR) is 53.6 cm³/mol. The Labute approximate surface area is 77.2 Å². The highest BCUT2D eigenvalue weighted by Gasteiger charge is 2.04. The van der Waals surface area contributed by atoms with Gasteiger partial charge in [-0.2, -0.15) is 5.10 Å². The number of aryl methyl sites for hydroxylation is 1. The molecule has 0 aliphatic rings. The molecule has 1 aromatic carbocycles. The van der Waals surface area contributed by atoms with Crippen molar-refractivity contribution in [1.82, 2.24) is 15.5 Å². The van der Waals surface area contributed by atoms with Crippen LogP contribution in [0.2, 0.25) is 0 Å². The third-order valence-corrected chi connectivity index (χ3v) is 2.22. The molecule has 68 valence electrons. The maximum absolute atomic E-state index is 4.19. The Morgan fingerprint density at radius 2 is 2.31 bits per heavy atom. The van der Waals surface area contributed by atoms with Crippen molar-refractivity contribution in [2.75, 3.05) is 7.05 Å². The molecule has 1 heterocycles. The highest BCUT2D eigenvalue weighted by Crippen LogP contribution is 2.19. The molecule has 0 fully saturated rings. The molecule has 13 heavy (non-hydrogen) atoms. The van der Waals surface area contributed by atoms with Crippen LogP contribution in [0.25, 0.3) is 10.9 Å². The van der Waals surface area contributed by atoms with Crippen molar-refractivity contribution in [2.45, 2.75) is 13.5 Å². The van der Waals surface area contributed by atoms with Gasteiger partial charge in [0.1, 0.15) is 0 Å². The minimum Gasteiger partial charge on any atom is -0.316 e. The van der Waals surface area contributed by atoms with Crippen molar-refractivity contribution in [3.63, 3.8) is 0 Å². The summed E-state index contributed by atoms with van der Waals surface area (Å²) in [6.07, 6.45) is 0. The van der Waals surface area contributed by atoms with Gasteiger partial charge in [0.2, 0.25) is 0 Å². The lowest BCUT2D eigenvalue weighted by atomic mass is 10.1. The number of H-pyrrole nitrogens is 1. The molecule has 2 rings (SSSR count). The monoisotopic (exact) mass is 175 g/mol. The standard InChI is InChI=1S/C10H13N3/c1-7-10-8(6-11-2)4-3-5-9(10)13-12-7/h3-5,11H,6H2,1-2H3,(H,12,13). The number of hydrogen-bond donors (Lipinski definition) is 2. The Morgan fingerprint density at radius 3 is 3.08 bits per heavy atom. The Morgan fingerprint density at radius 1 is 1.46 bits per heavy atom. The van der Waals surface area contributed by atoms with Crippen LogP contribution in [0.15, 0.2) is 18.2 Å². The Kier molecular flexibility index (Phi) is 2.02. The third-order valence-electron chi connectivity index (χ3n) is 2.22. The first-order valence-corrected chi connectivity index (χ1v) is 4.40. The van der Waals surface area contributed by atoms with Crippen LogP contribution in [0.3, 0.4) is 0 Å². The van der Waals surface area contributed by atoms with E-state index in [4.69, 9.17) is 0 Å². The average molecular weight is 175 g/mol. The molecule has 0 saturated carbocycles. The van der Waals surface area contributed by atoms with E-state index in [1.807, 2.05) is 20.0 Å². The van der Waals surface area contributed by atoms with Gasteiger partial charge in [-0.05, 0) is 25.6 Å². The minimum absolute atomic E-state index is 0.887. The van der Waals surface area contributed by atoms with Crippen LogP contribution < -0.4 is 5.32 Å². The number of aromatic nitrogens is 2. The van der Waals surface area contributed by atoms with Crippen molar-refractivity contribution in [2.24, 2.45) is 0 Å².